The molecule has 1 aliphatic heterocycles. The van der Waals surface area contributed by atoms with Crippen molar-refractivity contribution >= 4 is 33.0 Å². The minimum Gasteiger partial charge on any atom is -0.480 e. The lowest BCUT2D eigenvalue weighted by atomic mass is 9.99. The van der Waals surface area contributed by atoms with E-state index in [1.54, 1.807) is 0 Å². The molecule has 1 heterocycles. The van der Waals surface area contributed by atoms with Crippen LogP contribution in [0.1, 0.15) is 12.5 Å². The topological polar surface area (TPSA) is 97.5 Å². The number of rotatable bonds is 2. The number of allylic oxidation sites excluding steroid dienone is 1. The molecule has 2 rings (SSSR count). The number of sulfone groups is 1. The fraction of sp³-hybridized carbons (Fsp3) is 0.182. The van der Waals surface area contributed by atoms with E-state index < -0.39 is 21.8 Å². The maximum atomic E-state index is 12.1. The van der Waals surface area contributed by atoms with Gasteiger partial charge in [-0.25, -0.2) is 8.42 Å². The maximum Gasteiger partial charge on any atom is 0.325 e. The molecule has 0 aromatic heterocycles. The lowest BCUT2D eigenvalue weighted by molar-refractivity contribution is -0.137. The standard InChI is InChI=1S/C11H10ClNO4S/c1-5-9(10(13)11(14)15)7-4-6(12)2-3-8(7)18(5,16)17/h2-4,10H,13H2,1H3,(H,14,15). The van der Waals surface area contributed by atoms with E-state index in [2.05, 4.69) is 0 Å². The molecule has 0 radical (unpaired) electrons. The Labute approximate surface area is 109 Å². The Morgan fingerprint density at radius 1 is 1.44 bits per heavy atom. The number of hydrogen-bond donors (Lipinski definition) is 2. The summed E-state index contributed by atoms with van der Waals surface area (Å²) in [5.41, 5.74) is 5.90. The van der Waals surface area contributed by atoms with E-state index in [4.69, 9.17) is 22.4 Å². The van der Waals surface area contributed by atoms with E-state index in [1.807, 2.05) is 0 Å². The first kappa shape index (κ1) is 13.1. The normalized spacial score (nSPS) is 18.6. The van der Waals surface area contributed by atoms with Crippen molar-refractivity contribution in [3.05, 3.63) is 33.7 Å². The van der Waals surface area contributed by atoms with Gasteiger partial charge in [0, 0.05) is 16.2 Å². The summed E-state index contributed by atoms with van der Waals surface area (Å²) in [6.45, 7) is 1.35. The van der Waals surface area contributed by atoms with Crippen LogP contribution in [0.3, 0.4) is 0 Å². The number of carboxylic acids is 1. The second-order valence-electron chi connectivity index (χ2n) is 3.93. The van der Waals surface area contributed by atoms with Gasteiger partial charge in [-0.05, 0) is 25.1 Å². The predicted octanol–water partition coefficient (Wildman–Crippen LogP) is 1.27. The minimum absolute atomic E-state index is 0.0327. The molecule has 0 aliphatic carbocycles. The number of hydrogen-bond acceptors (Lipinski definition) is 4. The van der Waals surface area contributed by atoms with Crippen LogP contribution in [0.5, 0.6) is 0 Å². The van der Waals surface area contributed by atoms with Crippen molar-refractivity contribution in [2.75, 3.05) is 0 Å². The van der Waals surface area contributed by atoms with Crippen molar-refractivity contribution in [1.29, 1.82) is 0 Å². The van der Waals surface area contributed by atoms with Gasteiger partial charge in [-0.15, -0.1) is 0 Å². The van der Waals surface area contributed by atoms with E-state index >= 15 is 0 Å². The first-order valence-electron chi connectivity index (χ1n) is 5.01. The Kier molecular flexibility index (Phi) is 2.96. The highest BCUT2D eigenvalue weighted by Crippen LogP contribution is 2.41. The molecule has 1 aromatic rings. The smallest absolute Gasteiger partial charge is 0.325 e. The van der Waals surface area contributed by atoms with Crippen LogP contribution >= 0.6 is 11.6 Å². The highest BCUT2D eigenvalue weighted by Gasteiger charge is 2.37. The first-order valence-corrected chi connectivity index (χ1v) is 6.87. The summed E-state index contributed by atoms with van der Waals surface area (Å²) in [7, 11) is -3.65. The Morgan fingerprint density at radius 2 is 2.06 bits per heavy atom. The summed E-state index contributed by atoms with van der Waals surface area (Å²) in [6.07, 6.45) is 0. The maximum absolute atomic E-state index is 12.1. The predicted molar refractivity (Wildman–Crippen MR) is 66.8 cm³/mol. The summed E-state index contributed by atoms with van der Waals surface area (Å²) in [5, 5.41) is 9.27. The van der Waals surface area contributed by atoms with Crippen molar-refractivity contribution in [2.24, 2.45) is 5.73 Å². The number of nitrogens with two attached hydrogens (primary N) is 1. The van der Waals surface area contributed by atoms with Gasteiger partial charge < -0.3 is 10.8 Å². The van der Waals surface area contributed by atoms with Crippen LogP contribution in [0.4, 0.5) is 0 Å². The Balaban J connectivity index is 2.79. The van der Waals surface area contributed by atoms with E-state index in [9.17, 15) is 13.2 Å². The summed E-state index contributed by atoms with van der Waals surface area (Å²) < 4.78 is 24.2. The van der Waals surface area contributed by atoms with Gasteiger partial charge in [-0.2, -0.15) is 0 Å². The summed E-state index contributed by atoms with van der Waals surface area (Å²) in [4.78, 5) is 11.0. The first-order chi connectivity index (χ1) is 8.26. The average Bonchev–Trinajstić information content (AvgIpc) is 2.46. The third-order valence-electron chi connectivity index (χ3n) is 2.88. The SMILES string of the molecule is CC1=C(C(N)C(=O)O)c2cc(Cl)ccc2S1(=O)=O. The zero-order chi connectivity index (χ0) is 13.7. The molecule has 96 valence electrons. The third kappa shape index (κ3) is 1.73. The van der Waals surface area contributed by atoms with Crippen LogP contribution < -0.4 is 5.73 Å². The lowest BCUT2D eigenvalue weighted by Gasteiger charge is -2.10. The molecule has 0 bridgehead atoms. The van der Waals surface area contributed by atoms with Gasteiger partial charge in [0.1, 0.15) is 6.04 Å². The molecule has 1 aromatic carbocycles. The number of fused-ring (bicyclic) bond motifs is 1. The molecule has 3 N–H and O–H groups in total. The minimum atomic E-state index is -3.65. The van der Waals surface area contributed by atoms with E-state index in [1.165, 1.54) is 25.1 Å². The van der Waals surface area contributed by atoms with Gasteiger partial charge in [0.25, 0.3) is 0 Å². The van der Waals surface area contributed by atoms with Gasteiger partial charge in [-0.1, -0.05) is 11.6 Å². The van der Waals surface area contributed by atoms with Gasteiger partial charge in [0.2, 0.25) is 9.84 Å². The van der Waals surface area contributed by atoms with Crippen LogP contribution in [0.15, 0.2) is 28.0 Å². The second-order valence-corrected chi connectivity index (χ2v) is 6.43. The van der Waals surface area contributed by atoms with Gasteiger partial charge >= 0.3 is 5.97 Å². The summed E-state index contributed by atoms with van der Waals surface area (Å²) in [6, 6.07) is 2.83. The van der Waals surface area contributed by atoms with E-state index in [-0.39, 0.29) is 20.9 Å². The third-order valence-corrected chi connectivity index (χ3v) is 5.08. The molecule has 0 spiro atoms. The van der Waals surface area contributed by atoms with Crippen molar-refractivity contribution < 1.29 is 18.3 Å². The van der Waals surface area contributed by atoms with Crippen LogP contribution in [-0.4, -0.2) is 25.5 Å². The van der Waals surface area contributed by atoms with E-state index in [0.29, 0.717) is 5.02 Å². The largest absolute Gasteiger partial charge is 0.480 e. The van der Waals surface area contributed by atoms with Crippen LogP contribution in [0, 0.1) is 0 Å². The number of carbonyl (C=O) groups is 1. The van der Waals surface area contributed by atoms with Crippen molar-refractivity contribution in [1.82, 2.24) is 0 Å². The zero-order valence-electron chi connectivity index (χ0n) is 9.34. The van der Waals surface area contributed by atoms with Gasteiger partial charge in [0.15, 0.2) is 0 Å². The molecule has 0 saturated heterocycles. The highest BCUT2D eigenvalue weighted by atomic mass is 35.5. The molecule has 1 unspecified atom stereocenters. The Morgan fingerprint density at radius 3 is 2.61 bits per heavy atom. The monoisotopic (exact) mass is 287 g/mol. The Bertz CT molecular complexity index is 678. The van der Waals surface area contributed by atoms with Crippen molar-refractivity contribution in [3.8, 4) is 0 Å². The average molecular weight is 288 g/mol. The zero-order valence-corrected chi connectivity index (χ0v) is 10.9. The van der Waals surface area contributed by atoms with Crippen molar-refractivity contribution in [2.45, 2.75) is 17.9 Å². The quantitative estimate of drug-likeness (QED) is 0.853. The molecule has 7 heteroatoms. The number of halogens is 1. The molecule has 5 nitrogen and oxygen atoms in total. The number of aliphatic carboxylic acids is 1. The van der Waals surface area contributed by atoms with Gasteiger partial charge in [0.05, 0.1) is 9.80 Å². The lowest BCUT2D eigenvalue weighted by Crippen LogP contribution is -2.31. The molecule has 0 amide bonds. The molecule has 1 atom stereocenters. The summed E-state index contributed by atoms with van der Waals surface area (Å²) >= 11 is 5.81. The van der Waals surface area contributed by atoms with E-state index in [0.717, 1.165) is 0 Å². The molecular weight excluding hydrogens is 278 g/mol. The fourth-order valence-electron chi connectivity index (χ4n) is 1.96. The fourth-order valence-corrected chi connectivity index (χ4v) is 3.69. The van der Waals surface area contributed by atoms with Gasteiger partial charge in [-0.3, -0.25) is 4.79 Å². The number of benzene rings is 1. The molecule has 0 saturated carbocycles. The summed E-state index contributed by atoms with van der Waals surface area (Å²) in [5.74, 6) is -1.28. The molecule has 18 heavy (non-hydrogen) atoms. The van der Waals surface area contributed by atoms with Crippen LogP contribution in [-0.2, 0) is 14.6 Å². The second kappa shape index (κ2) is 4.08. The van der Waals surface area contributed by atoms with Crippen molar-refractivity contribution in [3.63, 3.8) is 0 Å². The Hall–Kier alpha value is -1.37. The molecule has 1 aliphatic rings. The van der Waals surface area contributed by atoms with Crippen LogP contribution in [0.2, 0.25) is 5.02 Å². The highest BCUT2D eigenvalue weighted by molar-refractivity contribution is 7.95. The number of carboxylic acid groups (broad SMARTS) is 1. The van der Waals surface area contributed by atoms with Crippen LogP contribution in [0.25, 0.3) is 5.57 Å². The molecular formula is C11H10ClNO4S. The molecule has 0 fully saturated rings.